The molecule has 6 nitrogen and oxygen atoms in total. The molecule has 4 aromatic heterocycles. The van der Waals surface area contributed by atoms with E-state index in [2.05, 4.69) is 26.9 Å². The lowest BCUT2D eigenvalue weighted by Gasteiger charge is -2.47. The lowest BCUT2D eigenvalue weighted by molar-refractivity contribution is 0.0334. The van der Waals surface area contributed by atoms with Crippen molar-refractivity contribution >= 4 is 33.7 Å². The zero-order chi connectivity index (χ0) is 24.4. The van der Waals surface area contributed by atoms with Crippen LogP contribution in [0.2, 0.25) is 5.15 Å². The number of H-pyrrole nitrogens is 1. The first-order valence-electron chi connectivity index (χ1n) is 12.6. The molecule has 3 saturated carbocycles. The number of para-hydroxylation sites is 1. The van der Waals surface area contributed by atoms with Gasteiger partial charge in [0.2, 0.25) is 0 Å². The van der Waals surface area contributed by atoms with Gasteiger partial charge in [-0.2, -0.15) is 0 Å². The van der Waals surface area contributed by atoms with Crippen molar-refractivity contribution < 1.29 is 8.81 Å². The molecular formula is C28H25ClFN5O. The molecule has 1 aromatic carbocycles. The molecule has 3 fully saturated rings. The number of halogens is 2. The highest BCUT2D eigenvalue weighted by atomic mass is 35.5. The third kappa shape index (κ3) is 3.52. The Balaban J connectivity index is 1.40. The minimum atomic E-state index is -0.407. The van der Waals surface area contributed by atoms with Crippen molar-refractivity contribution in [2.24, 2.45) is 23.7 Å². The quantitative estimate of drug-likeness (QED) is 0.281. The van der Waals surface area contributed by atoms with E-state index < -0.39 is 5.82 Å². The van der Waals surface area contributed by atoms with Crippen molar-refractivity contribution in [1.82, 2.24) is 24.9 Å². The minimum absolute atomic E-state index is 0.171. The molecule has 0 aliphatic heterocycles. The van der Waals surface area contributed by atoms with Crippen LogP contribution in [-0.2, 0) is 6.42 Å². The maximum absolute atomic E-state index is 16.2. The van der Waals surface area contributed by atoms with E-state index in [0.29, 0.717) is 63.8 Å². The Morgan fingerprint density at radius 3 is 2.69 bits per heavy atom. The number of rotatable bonds is 4. The molecular weight excluding hydrogens is 477 g/mol. The SMILES string of the molecule is C[C@H]1C2CCC(CC2)[C@@H]1Cc1nc(-c2c[nH]c3ncc(Cl)nc23)nc(-c2cc3ccccc3o2)c1F. The summed E-state index contributed by atoms with van der Waals surface area (Å²) in [5.41, 5.74) is 3.06. The maximum Gasteiger partial charge on any atom is 0.174 e. The largest absolute Gasteiger partial charge is 0.454 e. The number of furan rings is 1. The van der Waals surface area contributed by atoms with Crippen molar-refractivity contribution in [3.63, 3.8) is 0 Å². The van der Waals surface area contributed by atoms with Crippen molar-refractivity contribution in [1.29, 1.82) is 0 Å². The smallest absolute Gasteiger partial charge is 0.174 e. The van der Waals surface area contributed by atoms with Gasteiger partial charge in [-0.3, -0.25) is 0 Å². The highest BCUT2D eigenvalue weighted by Crippen LogP contribution is 2.50. The second-order valence-electron chi connectivity index (χ2n) is 10.3. The van der Waals surface area contributed by atoms with Crippen LogP contribution in [0.25, 0.3) is 45.0 Å². The molecule has 36 heavy (non-hydrogen) atoms. The topological polar surface area (TPSA) is 80.5 Å². The molecule has 0 unspecified atom stereocenters. The molecule has 8 rings (SSSR count). The fourth-order valence-electron chi connectivity index (χ4n) is 6.51. The molecule has 8 heteroatoms. The fourth-order valence-corrected chi connectivity index (χ4v) is 6.64. The van der Waals surface area contributed by atoms with Gasteiger partial charge in [-0.25, -0.2) is 24.3 Å². The Morgan fingerprint density at radius 2 is 1.89 bits per heavy atom. The molecule has 0 saturated heterocycles. The number of benzene rings is 1. The summed E-state index contributed by atoms with van der Waals surface area (Å²) in [4.78, 5) is 21.3. The molecule has 5 aromatic rings. The number of hydrogen-bond acceptors (Lipinski definition) is 5. The van der Waals surface area contributed by atoms with Gasteiger partial charge in [-0.15, -0.1) is 0 Å². The summed E-state index contributed by atoms with van der Waals surface area (Å²) in [6.45, 7) is 2.33. The zero-order valence-electron chi connectivity index (χ0n) is 19.8. The van der Waals surface area contributed by atoms with E-state index in [1.807, 2.05) is 30.3 Å². The molecule has 0 amide bonds. The zero-order valence-corrected chi connectivity index (χ0v) is 20.6. The summed E-state index contributed by atoms with van der Waals surface area (Å²) in [5.74, 6) is 2.69. The first-order valence-corrected chi connectivity index (χ1v) is 13.0. The molecule has 2 bridgehead atoms. The number of aromatic nitrogens is 5. The maximum atomic E-state index is 16.2. The fraction of sp³-hybridized carbons (Fsp3) is 0.357. The molecule has 1 N–H and O–H groups in total. The molecule has 2 atom stereocenters. The molecule has 0 radical (unpaired) electrons. The van der Waals surface area contributed by atoms with E-state index in [0.717, 1.165) is 11.3 Å². The van der Waals surface area contributed by atoms with Gasteiger partial charge in [0.15, 0.2) is 23.0 Å². The normalized spacial score (nSPS) is 23.6. The Kier molecular flexibility index (Phi) is 5.10. The number of nitrogens with one attached hydrogen (secondary N) is 1. The van der Waals surface area contributed by atoms with Gasteiger partial charge in [0.25, 0.3) is 0 Å². The van der Waals surface area contributed by atoms with Crippen LogP contribution in [0.3, 0.4) is 0 Å². The van der Waals surface area contributed by atoms with Crippen LogP contribution in [0.15, 0.2) is 47.1 Å². The highest BCUT2D eigenvalue weighted by Gasteiger charge is 2.41. The van der Waals surface area contributed by atoms with E-state index in [1.165, 1.54) is 31.9 Å². The van der Waals surface area contributed by atoms with Gasteiger partial charge in [0.05, 0.1) is 17.5 Å². The number of aromatic amines is 1. The summed E-state index contributed by atoms with van der Waals surface area (Å²) in [6, 6.07) is 9.49. The Labute approximate surface area is 212 Å². The molecule has 4 heterocycles. The number of hydrogen-bond donors (Lipinski definition) is 1. The van der Waals surface area contributed by atoms with Crippen LogP contribution in [0.4, 0.5) is 4.39 Å². The summed E-state index contributed by atoms with van der Waals surface area (Å²) in [7, 11) is 0. The monoisotopic (exact) mass is 501 g/mol. The second-order valence-corrected chi connectivity index (χ2v) is 10.7. The van der Waals surface area contributed by atoms with E-state index >= 15 is 4.39 Å². The van der Waals surface area contributed by atoms with Gasteiger partial charge in [0, 0.05) is 11.6 Å². The predicted molar refractivity (Wildman–Crippen MR) is 137 cm³/mol. The second kappa shape index (κ2) is 8.37. The van der Waals surface area contributed by atoms with Gasteiger partial charge in [-0.05, 0) is 67.9 Å². The highest BCUT2D eigenvalue weighted by molar-refractivity contribution is 6.29. The van der Waals surface area contributed by atoms with Gasteiger partial charge in [-0.1, -0.05) is 36.7 Å². The molecule has 3 aliphatic rings. The van der Waals surface area contributed by atoms with Crippen LogP contribution in [0.5, 0.6) is 0 Å². The van der Waals surface area contributed by atoms with E-state index in [4.69, 9.17) is 21.0 Å². The minimum Gasteiger partial charge on any atom is -0.454 e. The number of fused-ring (bicyclic) bond motifs is 5. The van der Waals surface area contributed by atoms with E-state index in [1.54, 1.807) is 6.20 Å². The summed E-state index contributed by atoms with van der Waals surface area (Å²) in [5, 5.41) is 1.17. The first kappa shape index (κ1) is 21.9. The summed E-state index contributed by atoms with van der Waals surface area (Å²) >= 11 is 6.14. The lowest BCUT2D eigenvalue weighted by Crippen LogP contribution is -2.39. The van der Waals surface area contributed by atoms with Crippen molar-refractivity contribution in [3.8, 4) is 22.8 Å². The summed E-state index contributed by atoms with van der Waals surface area (Å²) < 4.78 is 22.2. The van der Waals surface area contributed by atoms with Crippen LogP contribution in [0.1, 0.15) is 38.3 Å². The summed E-state index contributed by atoms with van der Waals surface area (Å²) in [6.07, 6.45) is 8.87. The molecule has 182 valence electrons. The Morgan fingerprint density at radius 1 is 1.08 bits per heavy atom. The van der Waals surface area contributed by atoms with Crippen LogP contribution in [-0.4, -0.2) is 24.9 Å². The molecule has 3 aliphatic carbocycles. The van der Waals surface area contributed by atoms with Gasteiger partial charge < -0.3 is 9.40 Å². The predicted octanol–water partition coefficient (Wildman–Crippen LogP) is 7.24. The van der Waals surface area contributed by atoms with E-state index in [-0.39, 0.29) is 10.8 Å². The van der Waals surface area contributed by atoms with Crippen molar-refractivity contribution in [2.45, 2.75) is 39.0 Å². The van der Waals surface area contributed by atoms with Crippen LogP contribution >= 0.6 is 11.6 Å². The van der Waals surface area contributed by atoms with Gasteiger partial charge >= 0.3 is 0 Å². The van der Waals surface area contributed by atoms with Crippen molar-refractivity contribution in [3.05, 3.63) is 59.4 Å². The third-order valence-corrected chi connectivity index (χ3v) is 8.62. The van der Waals surface area contributed by atoms with E-state index in [9.17, 15) is 0 Å². The average Bonchev–Trinajstić information content (AvgIpc) is 3.51. The lowest BCUT2D eigenvalue weighted by atomic mass is 9.58. The number of nitrogens with zero attached hydrogens (tertiary/aromatic N) is 4. The standard InChI is InChI=1S/C28H25ClFN5O/c1-14-15-6-8-16(9-7-15)18(14)11-20-24(30)26(22-10-17-4-2-3-5-21(17)36-22)35-27(33-20)19-12-31-28-25(19)34-23(29)13-32-28/h2-5,10,12-16,18H,6-9,11H2,1H3,(H,31,32)/t14-,15?,16?,18+/m0/s1. The van der Waals surface area contributed by atoms with Crippen molar-refractivity contribution in [2.75, 3.05) is 0 Å². The Hall–Kier alpha value is -3.32. The first-order chi connectivity index (χ1) is 17.5. The molecule has 0 spiro atoms. The van der Waals surface area contributed by atoms with Gasteiger partial charge in [0.1, 0.15) is 21.9 Å². The average molecular weight is 502 g/mol. The Bertz CT molecular complexity index is 1570. The van der Waals surface area contributed by atoms with Crippen LogP contribution < -0.4 is 0 Å². The third-order valence-electron chi connectivity index (χ3n) is 8.44. The van der Waals surface area contributed by atoms with Crippen LogP contribution in [0, 0.1) is 29.5 Å².